The number of rotatable bonds is 6. The zero-order chi connectivity index (χ0) is 15.1. The third-order valence-electron chi connectivity index (χ3n) is 3.36. The van der Waals surface area contributed by atoms with Gasteiger partial charge in [0.2, 0.25) is 0 Å². The predicted octanol–water partition coefficient (Wildman–Crippen LogP) is 2.33. The Labute approximate surface area is 124 Å². The van der Waals surface area contributed by atoms with E-state index in [4.69, 9.17) is 15.6 Å². The highest BCUT2D eigenvalue weighted by molar-refractivity contribution is 5.31. The van der Waals surface area contributed by atoms with Crippen LogP contribution in [0.1, 0.15) is 17.5 Å². The van der Waals surface area contributed by atoms with Gasteiger partial charge in [-0.1, -0.05) is 42.5 Å². The Balaban J connectivity index is 1.96. The van der Waals surface area contributed by atoms with E-state index in [9.17, 15) is 5.26 Å². The Hall–Kier alpha value is -2.35. The van der Waals surface area contributed by atoms with Crippen LogP contribution in [0.3, 0.4) is 0 Å². The van der Waals surface area contributed by atoms with Gasteiger partial charge in [0.25, 0.3) is 0 Å². The largest absolute Gasteiger partial charge is 0.493 e. The van der Waals surface area contributed by atoms with Gasteiger partial charge in [0.05, 0.1) is 19.3 Å². The summed E-state index contributed by atoms with van der Waals surface area (Å²) in [6.45, 7) is 0.353. The third-order valence-corrected chi connectivity index (χ3v) is 3.36. The van der Waals surface area contributed by atoms with Crippen LogP contribution in [0.15, 0.2) is 54.6 Å². The molecule has 0 radical (unpaired) electrons. The monoisotopic (exact) mass is 282 g/mol. The van der Waals surface area contributed by atoms with Crippen LogP contribution in [-0.2, 0) is 12.1 Å². The Kier molecular flexibility index (Phi) is 4.94. The summed E-state index contributed by atoms with van der Waals surface area (Å²) in [6, 6.07) is 18.7. The average molecular weight is 282 g/mol. The van der Waals surface area contributed by atoms with Crippen molar-refractivity contribution in [2.45, 2.75) is 18.6 Å². The summed E-state index contributed by atoms with van der Waals surface area (Å²) < 4.78 is 5.61. The van der Waals surface area contributed by atoms with Crippen molar-refractivity contribution in [3.05, 3.63) is 65.7 Å². The molecule has 4 heteroatoms. The van der Waals surface area contributed by atoms with Crippen LogP contribution < -0.4 is 10.5 Å². The average Bonchev–Trinajstić information content (AvgIpc) is 2.56. The van der Waals surface area contributed by atoms with E-state index < -0.39 is 5.54 Å². The first-order chi connectivity index (χ1) is 10.2. The van der Waals surface area contributed by atoms with E-state index in [-0.39, 0.29) is 6.61 Å². The van der Waals surface area contributed by atoms with Crippen LogP contribution in [0.2, 0.25) is 0 Å². The van der Waals surface area contributed by atoms with E-state index in [1.807, 2.05) is 30.3 Å². The number of hydrogen-bond donors (Lipinski definition) is 2. The lowest BCUT2D eigenvalue weighted by Crippen LogP contribution is -2.36. The summed E-state index contributed by atoms with van der Waals surface area (Å²) in [5, 5.41) is 18.3. The van der Waals surface area contributed by atoms with Gasteiger partial charge in [-0.05, 0) is 23.3 Å². The van der Waals surface area contributed by atoms with Crippen molar-refractivity contribution < 1.29 is 9.84 Å². The smallest absolute Gasteiger partial charge is 0.133 e. The van der Waals surface area contributed by atoms with Gasteiger partial charge in [0.15, 0.2) is 0 Å². The molecule has 0 aliphatic rings. The van der Waals surface area contributed by atoms with Crippen LogP contribution >= 0.6 is 0 Å². The molecule has 0 amide bonds. The third kappa shape index (κ3) is 3.82. The highest BCUT2D eigenvalue weighted by atomic mass is 16.5. The molecule has 2 aromatic rings. The Morgan fingerprint density at radius 3 is 2.33 bits per heavy atom. The number of hydrogen-bond acceptors (Lipinski definition) is 4. The molecule has 0 aliphatic heterocycles. The quantitative estimate of drug-likeness (QED) is 0.852. The minimum Gasteiger partial charge on any atom is -0.493 e. The molecule has 2 aromatic carbocycles. The second kappa shape index (κ2) is 6.89. The van der Waals surface area contributed by atoms with Crippen molar-refractivity contribution in [1.29, 1.82) is 5.26 Å². The van der Waals surface area contributed by atoms with Crippen LogP contribution in [0.25, 0.3) is 0 Å². The van der Waals surface area contributed by atoms with Crippen molar-refractivity contribution in [1.82, 2.24) is 0 Å². The van der Waals surface area contributed by atoms with E-state index in [2.05, 4.69) is 6.07 Å². The number of aliphatic hydroxyl groups is 1. The molecule has 0 bridgehead atoms. The minimum atomic E-state index is -1.05. The van der Waals surface area contributed by atoms with Gasteiger partial charge >= 0.3 is 0 Å². The maximum absolute atomic E-state index is 9.35. The number of ether oxygens (including phenoxy) is 1. The van der Waals surface area contributed by atoms with Gasteiger partial charge in [-0.25, -0.2) is 0 Å². The summed E-state index contributed by atoms with van der Waals surface area (Å²) in [7, 11) is 0. The summed E-state index contributed by atoms with van der Waals surface area (Å²) in [6.07, 6.45) is 0.398. The van der Waals surface area contributed by atoms with E-state index in [1.165, 1.54) is 0 Å². The molecular formula is C17H18N2O2. The van der Waals surface area contributed by atoms with Crippen molar-refractivity contribution in [2.24, 2.45) is 5.73 Å². The van der Waals surface area contributed by atoms with Crippen LogP contribution in [0, 0.1) is 11.3 Å². The first kappa shape index (κ1) is 15.0. The summed E-state index contributed by atoms with van der Waals surface area (Å²) in [5.74, 6) is 0.695. The molecule has 1 unspecified atom stereocenters. The molecule has 0 spiro atoms. The topological polar surface area (TPSA) is 79.3 Å². The van der Waals surface area contributed by atoms with Gasteiger partial charge in [-0.15, -0.1) is 0 Å². The lowest BCUT2D eigenvalue weighted by molar-refractivity contribution is 0.277. The van der Waals surface area contributed by atoms with Gasteiger partial charge in [0.1, 0.15) is 11.3 Å². The summed E-state index contributed by atoms with van der Waals surface area (Å²) in [5.41, 5.74) is 6.72. The van der Waals surface area contributed by atoms with Crippen molar-refractivity contribution >= 4 is 0 Å². The minimum absolute atomic E-state index is 0.00856. The van der Waals surface area contributed by atoms with Gasteiger partial charge in [-0.3, -0.25) is 0 Å². The van der Waals surface area contributed by atoms with Crippen LogP contribution in [-0.4, -0.2) is 11.7 Å². The molecule has 1 atom stereocenters. The lowest BCUT2D eigenvalue weighted by Gasteiger charge is -2.22. The van der Waals surface area contributed by atoms with E-state index >= 15 is 0 Å². The zero-order valence-corrected chi connectivity index (χ0v) is 11.7. The molecule has 0 aromatic heterocycles. The van der Waals surface area contributed by atoms with Gasteiger partial charge in [-0.2, -0.15) is 5.26 Å². The molecule has 4 nitrogen and oxygen atoms in total. The van der Waals surface area contributed by atoms with Crippen molar-refractivity contribution in [3.63, 3.8) is 0 Å². The van der Waals surface area contributed by atoms with Crippen molar-refractivity contribution in [3.8, 4) is 11.8 Å². The fourth-order valence-electron chi connectivity index (χ4n) is 2.02. The summed E-state index contributed by atoms with van der Waals surface area (Å²) in [4.78, 5) is 0. The molecule has 108 valence electrons. The normalized spacial score (nSPS) is 13.2. The van der Waals surface area contributed by atoms with Crippen molar-refractivity contribution in [2.75, 3.05) is 6.61 Å². The predicted molar refractivity (Wildman–Crippen MR) is 80.4 cm³/mol. The molecule has 0 fully saturated rings. The zero-order valence-electron chi connectivity index (χ0n) is 11.7. The molecule has 21 heavy (non-hydrogen) atoms. The van der Waals surface area contributed by atoms with Gasteiger partial charge in [0, 0.05) is 6.42 Å². The highest BCUT2D eigenvalue weighted by Gasteiger charge is 2.26. The molecule has 0 heterocycles. The number of nitrogens with zero attached hydrogens (tertiary/aromatic N) is 1. The highest BCUT2D eigenvalue weighted by Crippen LogP contribution is 2.22. The SMILES string of the molecule is N#CC(N)(CCOc1ccc(CO)cc1)c1ccccc1. The Morgan fingerprint density at radius 2 is 1.76 bits per heavy atom. The molecule has 0 aliphatic carbocycles. The molecular weight excluding hydrogens is 264 g/mol. The number of benzene rings is 2. The second-order valence-corrected chi connectivity index (χ2v) is 4.85. The lowest BCUT2D eigenvalue weighted by atomic mass is 9.89. The Morgan fingerprint density at radius 1 is 1.10 bits per heavy atom. The molecule has 0 saturated heterocycles. The Bertz CT molecular complexity index is 605. The number of nitriles is 1. The van der Waals surface area contributed by atoms with E-state index in [0.29, 0.717) is 18.8 Å². The van der Waals surface area contributed by atoms with E-state index in [0.717, 1.165) is 11.1 Å². The first-order valence-electron chi connectivity index (χ1n) is 6.76. The number of nitrogens with two attached hydrogens (primary N) is 1. The van der Waals surface area contributed by atoms with Crippen LogP contribution in [0.5, 0.6) is 5.75 Å². The molecule has 0 saturated carbocycles. The number of aliphatic hydroxyl groups excluding tert-OH is 1. The standard InChI is InChI=1S/C17H18N2O2/c18-13-17(19,15-4-2-1-3-5-15)10-11-21-16-8-6-14(12-20)7-9-16/h1-9,20H,10-12,19H2. The molecule has 2 rings (SSSR count). The fourth-order valence-corrected chi connectivity index (χ4v) is 2.02. The molecule has 3 N–H and O–H groups in total. The first-order valence-corrected chi connectivity index (χ1v) is 6.76. The second-order valence-electron chi connectivity index (χ2n) is 4.85. The summed E-state index contributed by atoms with van der Waals surface area (Å²) >= 11 is 0. The van der Waals surface area contributed by atoms with Gasteiger partial charge < -0.3 is 15.6 Å². The fraction of sp³-hybridized carbons (Fsp3) is 0.235. The maximum Gasteiger partial charge on any atom is 0.133 e. The van der Waals surface area contributed by atoms with Crippen LogP contribution in [0.4, 0.5) is 0 Å². The maximum atomic E-state index is 9.35. The van der Waals surface area contributed by atoms with E-state index in [1.54, 1.807) is 24.3 Å².